The fraction of sp³-hybridized carbons (Fsp3) is 0.308. The lowest BCUT2D eigenvalue weighted by atomic mass is 10.00. The molecule has 2 rings (SSSR count). The van der Waals surface area contributed by atoms with E-state index in [2.05, 4.69) is 30.3 Å². The van der Waals surface area contributed by atoms with Crippen LogP contribution in [-0.2, 0) is 0 Å². The molecule has 0 aliphatic carbocycles. The van der Waals surface area contributed by atoms with Crippen LogP contribution in [0.1, 0.15) is 34.4 Å². The topological polar surface area (TPSA) is 12.9 Å². The highest BCUT2D eigenvalue weighted by atomic mass is 35.5. The van der Waals surface area contributed by atoms with Gasteiger partial charge in [-0.2, -0.15) is 0 Å². The van der Waals surface area contributed by atoms with Gasteiger partial charge in [0.05, 0.1) is 5.38 Å². The highest BCUT2D eigenvalue weighted by molar-refractivity contribution is 7.10. The number of thiophene rings is 1. The second kappa shape index (κ2) is 4.98. The summed E-state index contributed by atoms with van der Waals surface area (Å²) >= 11 is 8.23. The second-order valence-corrected chi connectivity index (χ2v) is 5.33. The van der Waals surface area contributed by atoms with E-state index in [-0.39, 0.29) is 11.3 Å². The Morgan fingerprint density at radius 2 is 2.12 bits per heavy atom. The smallest absolute Gasteiger partial charge is 0.0761 e. The first-order chi connectivity index (χ1) is 7.70. The van der Waals surface area contributed by atoms with Crippen LogP contribution in [0.15, 0.2) is 35.8 Å². The third kappa shape index (κ3) is 2.28. The molecule has 0 fully saturated rings. The van der Waals surface area contributed by atoms with Crippen LogP contribution >= 0.6 is 22.9 Å². The first-order valence-corrected chi connectivity index (χ1v) is 6.60. The average Bonchev–Trinajstić information content (AvgIpc) is 2.75. The van der Waals surface area contributed by atoms with Gasteiger partial charge in [0.1, 0.15) is 0 Å². The van der Waals surface area contributed by atoms with Gasteiger partial charge >= 0.3 is 0 Å². The second-order valence-electron chi connectivity index (χ2n) is 3.91. The molecule has 84 valence electrons. The number of hydrogen-bond acceptors (Lipinski definition) is 2. The van der Waals surface area contributed by atoms with Gasteiger partial charge in [0, 0.05) is 22.7 Å². The van der Waals surface area contributed by atoms with Gasteiger partial charge in [0.25, 0.3) is 0 Å². The SMILES string of the molecule is Cc1ccsc1C(Cl)C(C)c1ccccn1. The van der Waals surface area contributed by atoms with Crippen molar-refractivity contribution < 1.29 is 0 Å². The Balaban J connectivity index is 2.23. The summed E-state index contributed by atoms with van der Waals surface area (Å²) in [7, 11) is 0. The Morgan fingerprint density at radius 1 is 1.31 bits per heavy atom. The van der Waals surface area contributed by atoms with Gasteiger partial charge in [-0.1, -0.05) is 13.0 Å². The molecule has 0 saturated carbocycles. The zero-order valence-corrected chi connectivity index (χ0v) is 10.9. The molecule has 2 heterocycles. The van der Waals surface area contributed by atoms with Crippen LogP contribution in [0.3, 0.4) is 0 Å². The third-order valence-corrected chi connectivity index (χ3v) is 4.57. The molecule has 2 aromatic heterocycles. The van der Waals surface area contributed by atoms with E-state index in [0.29, 0.717) is 0 Å². The van der Waals surface area contributed by atoms with E-state index in [0.717, 1.165) is 5.69 Å². The molecular weight excluding hydrogens is 238 g/mol. The van der Waals surface area contributed by atoms with Gasteiger partial charge in [-0.25, -0.2) is 0 Å². The number of halogens is 1. The van der Waals surface area contributed by atoms with Crippen molar-refractivity contribution in [1.29, 1.82) is 0 Å². The van der Waals surface area contributed by atoms with Crippen molar-refractivity contribution in [2.45, 2.75) is 25.1 Å². The lowest BCUT2D eigenvalue weighted by Crippen LogP contribution is -2.03. The molecule has 0 amide bonds. The van der Waals surface area contributed by atoms with Crippen LogP contribution in [0.4, 0.5) is 0 Å². The first-order valence-electron chi connectivity index (χ1n) is 5.29. The first kappa shape index (κ1) is 11.6. The summed E-state index contributed by atoms with van der Waals surface area (Å²) in [6, 6.07) is 8.07. The highest BCUT2D eigenvalue weighted by Gasteiger charge is 2.21. The van der Waals surface area contributed by atoms with Crippen LogP contribution in [0.25, 0.3) is 0 Å². The molecule has 0 spiro atoms. The molecule has 0 bridgehead atoms. The van der Waals surface area contributed by atoms with E-state index in [1.165, 1.54) is 10.4 Å². The summed E-state index contributed by atoms with van der Waals surface area (Å²) in [5, 5.41) is 2.10. The van der Waals surface area contributed by atoms with Crippen LogP contribution in [0.2, 0.25) is 0 Å². The fourth-order valence-electron chi connectivity index (χ4n) is 1.69. The molecule has 0 radical (unpaired) electrons. The largest absolute Gasteiger partial charge is 0.261 e. The van der Waals surface area contributed by atoms with Crippen molar-refractivity contribution in [3.05, 3.63) is 52.0 Å². The van der Waals surface area contributed by atoms with Crippen molar-refractivity contribution in [1.82, 2.24) is 4.98 Å². The Hall–Kier alpha value is -0.860. The molecule has 2 unspecified atom stereocenters. The summed E-state index contributed by atoms with van der Waals surface area (Å²) in [6.07, 6.45) is 1.82. The van der Waals surface area contributed by atoms with Crippen molar-refractivity contribution in [2.24, 2.45) is 0 Å². The van der Waals surface area contributed by atoms with Gasteiger partial charge < -0.3 is 0 Å². The zero-order valence-electron chi connectivity index (χ0n) is 9.35. The maximum absolute atomic E-state index is 6.51. The molecule has 0 aliphatic rings. The molecular formula is C13H14ClNS. The molecule has 1 nitrogen and oxygen atoms in total. The average molecular weight is 252 g/mol. The van der Waals surface area contributed by atoms with Crippen LogP contribution in [-0.4, -0.2) is 4.98 Å². The number of alkyl halides is 1. The molecule has 0 aliphatic heterocycles. The van der Waals surface area contributed by atoms with Gasteiger partial charge in [-0.05, 0) is 36.1 Å². The monoisotopic (exact) mass is 251 g/mol. The standard InChI is InChI=1S/C13H14ClNS/c1-9-6-8-16-13(9)12(14)10(2)11-5-3-4-7-15-11/h3-8,10,12H,1-2H3. The highest BCUT2D eigenvalue weighted by Crippen LogP contribution is 2.39. The van der Waals surface area contributed by atoms with Crippen LogP contribution in [0, 0.1) is 6.92 Å². The number of pyridine rings is 1. The maximum Gasteiger partial charge on any atom is 0.0761 e. The van der Waals surface area contributed by atoms with Gasteiger partial charge in [-0.3, -0.25) is 4.98 Å². The van der Waals surface area contributed by atoms with Crippen molar-refractivity contribution in [3.63, 3.8) is 0 Å². The molecule has 2 atom stereocenters. The van der Waals surface area contributed by atoms with Crippen molar-refractivity contribution >= 4 is 22.9 Å². The number of rotatable bonds is 3. The van der Waals surface area contributed by atoms with Crippen molar-refractivity contribution in [2.75, 3.05) is 0 Å². The molecule has 0 N–H and O–H groups in total. The van der Waals surface area contributed by atoms with E-state index in [1.807, 2.05) is 24.4 Å². The van der Waals surface area contributed by atoms with Gasteiger partial charge in [0.15, 0.2) is 0 Å². The summed E-state index contributed by atoms with van der Waals surface area (Å²) in [5.41, 5.74) is 2.32. The fourth-order valence-corrected chi connectivity index (χ4v) is 3.15. The molecule has 3 heteroatoms. The number of nitrogens with zero attached hydrogens (tertiary/aromatic N) is 1. The quantitative estimate of drug-likeness (QED) is 0.730. The minimum Gasteiger partial charge on any atom is -0.261 e. The molecule has 16 heavy (non-hydrogen) atoms. The lowest BCUT2D eigenvalue weighted by molar-refractivity contribution is 0.712. The number of aromatic nitrogens is 1. The normalized spacial score (nSPS) is 14.7. The van der Waals surface area contributed by atoms with E-state index in [1.54, 1.807) is 11.3 Å². The number of aryl methyl sites for hydroxylation is 1. The summed E-state index contributed by atoms with van der Waals surface area (Å²) in [6.45, 7) is 4.23. The predicted molar refractivity (Wildman–Crippen MR) is 70.3 cm³/mol. The van der Waals surface area contributed by atoms with Gasteiger partial charge in [0.2, 0.25) is 0 Å². The number of hydrogen-bond donors (Lipinski definition) is 0. The molecule has 0 aromatic carbocycles. The molecule has 0 saturated heterocycles. The van der Waals surface area contributed by atoms with Gasteiger partial charge in [-0.15, -0.1) is 22.9 Å². The zero-order chi connectivity index (χ0) is 11.5. The Morgan fingerprint density at radius 3 is 2.69 bits per heavy atom. The summed E-state index contributed by atoms with van der Waals surface area (Å²) in [5.74, 6) is 0.236. The Kier molecular flexibility index (Phi) is 3.62. The van der Waals surface area contributed by atoms with Crippen LogP contribution < -0.4 is 0 Å². The van der Waals surface area contributed by atoms with E-state index in [9.17, 15) is 0 Å². The maximum atomic E-state index is 6.51. The third-order valence-electron chi connectivity index (χ3n) is 2.75. The van der Waals surface area contributed by atoms with E-state index in [4.69, 9.17) is 11.6 Å². The summed E-state index contributed by atoms with van der Waals surface area (Å²) in [4.78, 5) is 5.61. The lowest BCUT2D eigenvalue weighted by Gasteiger charge is -2.17. The Bertz CT molecular complexity index is 452. The van der Waals surface area contributed by atoms with Crippen molar-refractivity contribution in [3.8, 4) is 0 Å². The summed E-state index contributed by atoms with van der Waals surface area (Å²) < 4.78 is 0. The minimum absolute atomic E-state index is 0.00917. The van der Waals surface area contributed by atoms with E-state index >= 15 is 0 Å². The van der Waals surface area contributed by atoms with E-state index < -0.39 is 0 Å². The Labute approximate surface area is 105 Å². The molecule has 2 aromatic rings. The predicted octanol–water partition coefficient (Wildman–Crippen LogP) is 4.54. The minimum atomic E-state index is 0.00917. The van der Waals surface area contributed by atoms with Crippen LogP contribution in [0.5, 0.6) is 0 Å².